The average Bonchev–Trinajstić information content (AvgIpc) is 2.49. The van der Waals surface area contributed by atoms with E-state index in [0.717, 1.165) is 24.0 Å². The number of hydrogen-bond donors (Lipinski definition) is 2. The van der Waals surface area contributed by atoms with Crippen LogP contribution < -0.4 is 11.1 Å². The number of amides is 1. The van der Waals surface area contributed by atoms with Crippen LogP contribution in [0.1, 0.15) is 40.7 Å². The zero-order valence-electron chi connectivity index (χ0n) is 12.9. The summed E-state index contributed by atoms with van der Waals surface area (Å²) in [5, 5.41) is 2.98. The molecule has 0 spiro atoms. The second-order valence-electron chi connectivity index (χ2n) is 4.86. The number of rotatable bonds is 7. The number of hydrogen-bond acceptors (Lipinski definition) is 3. The van der Waals surface area contributed by atoms with Gasteiger partial charge < -0.3 is 11.1 Å². The zero-order chi connectivity index (χ0) is 15.5. The molecule has 0 radical (unpaired) electrons. The molecule has 0 unspecified atom stereocenters. The van der Waals surface area contributed by atoms with Crippen molar-refractivity contribution in [2.75, 3.05) is 25.1 Å². The number of nitrogens with one attached hydrogen (secondary N) is 1. The molecule has 114 valence electrons. The van der Waals surface area contributed by atoms with Crippen molar-refractivity contribution >= 4 is 17.7 Å². The van der Waals surface area contributed by atoms with Crippen LogP contribution in [0.3, 0.4) is 0 Å². The maximum Gasteiger partial charge on any atom is 0.252 e. The van der Waals surface area contributed by atoms with Gasteiger partial charge in [0.25, 0.3) is 5.91 Å². The molecule has 0 atom stereocenters. The lowest BCUT2D eigenvalue weighted by Gasteiger charge is -2.08. The highest BCUT2D eigenvalue weighted by Crippen LogP contribution is 2.11. The van der Waals surface area contributed by atoms with Gasteiger partial charge in [-0.1, -0.05) is 29.9 Å². The molecule has 0 bridgehead atoms. The predicted octanol–water partition coefficient (Wildman–Crippen LogP) is 2.57. The van der Waals surface area contributed by atoms with Crippen LogP contribution in [-0.4, -0.2) is 31.0 Å². The Morgan fingerprint density at radius 1 is 1.33 bits per heavy atom. The van der Waals surface area contributed by atoms with E-state index >= 15 is 0 Å². The molecule has 0 aliphatic carbocycles. The van der Waals surface area contributed by atoms with Gasteiger partial charge in [0.15, 0.2) is 0 Å². The van der Waals surface area contributed by atoms with Crippen molar-refractivity contribution in [3.8, 4) is 11.8 Å². The van der Waals surface area contributed by atoms with Gasteiger partial charge in [-0.05, 0) is 43.9 Å². The van der Waals surface area contributed by atoms with Crippen LogP contribution in [0, 0.1) is 18.8 Å². The SMILES string of the molecule is CSCCCCCNC(=O)c1cc(C)ccc1C#CCN. The Labute approximate surface area is 132 Å². The van der Waals surface area contributed by atoms with Crippen LogP contribution in [0.25, 0.3) is 0 Å². The summed E-state index contributed by atoms with van der Waals surface area (Å²) in [6, 6.07) is 5.72. The van der Waals surface area contributed by atoms with Crippen molar-refractivity contribution in [3.63, 3.8) is 0 Å². The van der Waals surface area contributed by atoms with E-state index in [1.807, 2.05) is 36.9 Å². The number of thioether (sulfide) groups is 1. The van der Waals surface area contributed by atoms with Gasteiger partial charge in [0.2, 0.25) is 0 Å². The summed E-state index contributed by atoms with van der Waals surface area (Å²) in [6.45, 7) is 2.98. The lowest BCUT2D eigenvalue weighted by atomic mass is 10.0. The number of nitrogens with two attached hydrogens (primary N) is 1. The first kappa shape index (κ1) is 17.6. The molecule has 21 heavy (non-hydrogen) atoms. The first-order valence-electron chi connectivity index (χ1n) is 7.25. The van der Waals surface area contributed by atoms with Crippen LogP contribution in [0.2, 0.25) is 0 Å². The molecule has 4 heteroatoms. The maximum atomic E-state index is 12.3. The highest BCUT2D eigenvalue weighted by Gasteiger charge is 2.09. The lowest BCUT2D eigenvalue weighted by Crippen LogP contribution is -2.25. The molecular formula is C17H24N2OS. The third kappa shape index (κ3) is 6.70. The van der Waals surface area contributed by atoms with Crippen LogP contribution in [-0.2, 0) is 0 Å². The minimum atomic E-state index is -0.0510. The van der Waals surface area contributed by atoms with Gasteiger partial charge in [0.1, 0.15) is 0 Å². The smallest absolute Gasteiger partial charge is 0.252 e. The molecule has 0 heterocycles. The molecule has 1 aromatic carbocycles. The number of aryl methyl sites for hydroxylation is 1. The third-order valence-corrected chi connectivity index (χ3v) is 3.75. The number of unbranched alkanes of at least 4 members (excludes halogenated alkanes) is 2. The Kier molecular flexibility index (Phi) is 8.65. The molecule has 0 saturated carbocycles. The maximum absolute atomic E-state index is 12.3. The van der Waals surface area contributed by atoms with Crippen molar-refractivity contribution < 1.29 is 4.79 Å². The van der Waals surface area contributed by atoms with E-state index in [-0.39, 0.29) is 5.91 Å². The van der Waals surface area contributed by atoms with E-state index in [4.69, 9.17) is 5.73 Å². The molecule has 1 amide bonds. The van der Waals surface area contributed by atoms with Crippen molar-refractivity contribution in [1.82, 2.24) is 5.32 Å². The zero-order valence-corrected chi connectivity index (χ0v) is 13.7. The van der Waals surface area contributed by atoms with Gasteiger partial charge in [0, 0.05) is 12.1 Å². The molecule has 3 nitrogen and oxygen atoms in total. The molecule has 0 saturated heterocycles. The summed E-state index contributed by atoms with van der Waals surface area (Å²) < 4.78 is 0. The number of carbonyl (C=O) groups excluding carboxylic acids is 1. The van der Waals surface area contributed by atoms with E-state index in [2.05, 4.69) is 23.4 Å². The second kappa shape index (κ2) is 10.3. The van der Waals surface area contributed by atoms with Gasteiger partial charge in [0.05, 0.1) is 12.1 Å². The minimum Gasteiger partial charge on any atom is -0.352 e. The molecule has 0 aliphatic heterocycles. The molecule has 1 aromatic rings. The lowest BCUT2D eigenvalue weighted by molar-refractivity contribution is 0.0952. The molecule has 0 aromatic heterocycles. The summed E-state index contributed by atoms with van der Waals surface area (Å²) in [5.41, 5.74) is 7.83. The molecule has 1 rings (SSSR count). The Morgan fingerprint density at radius 2 is 2.14 bits per heavy atom. The van der Waals surface area contributed by atoms with Crippen molar-refractivity contribution in [3.05, 3.63) is 34.9 Å². The van der Waals surface area contributed by atoms with Crippen molar-refractivity contribution in [2.24, 2.45) is 5.73 Å². The third-order valence-electron chi connectivity index (χ3n) is 3.06. The molecule has 0 aliphatic rings. The topological polar surface area (TPSA) is 55.1 Å². The molecule has 0 fully saturated rings. The fourth-order valence-electron chi connectivity index (χ4n) is 1.95. The van der Waals surface area contributed by atoms with Crippen molar-refractivity contribution in [1.29, 1.82) is 0 Å². The van der Waals surface area contributed by atoms with Crippen LogP contribution >= 0.6 is 11.8 Å². The highest BCUT2D eigenvalue weighted by molar-refractivity contribution is 7.98. The van der Waals surface area contributed by atoms with Gasteiger partial charge in [-0.15, -0.1) is 0 Å². The van der Waals surface area contributed by atoms with Gasteiger partial charge in [-0.3, -0.25) is 4.79 Å². The second-order valence-corrected chi connectivity index (χ2v) is 5.85. The highest BCUT2D eigenvalue weighted by atomic mass is 32.2. The summed E-state index contributed by atoms with van der Waals surface area (Å²) in [4.78, 5) is 12.3. The quantitative estimate of drug-likeness (QED) is 0.601. The first-order chi connectivity index (χ1) is 10.2. The van der Waals surface area contributed by atoms with E-state index < -0.39 is 0 Å². The van der Waals surface area contributed by atoms with Crippen LogP contribution in [0.5, 0.6) is 0 Å². The Balaban J connectivity index is 2.58. The molecular weight excluding hydrogens is 280 g/mol. The standard InChI is InChI=1S/C17H24N2OS/c1-14-8-9-15(7-6-10-18)16(13-14)17(20)19-11-4-3-5-12-21-2/h8-9,13H,3-5,10-12,18H2,1-2H3,(H,19,20). The average molecular weight is 304 g/mol. The van der Waals surface area contributed by atoms with E-state index in [1.165, 1.54) is 12.2 Å². The Morgan fingerprint density at radius 3 is 2.86 bits per heavy atom. The van der Waals surface area contributed by atoms with Crippen LogP contribution in [0.4, 0.5) is 0 Å². The fourth-order valence-corrected chi connectivity index (χ4v) is 2.44. The van der Waals surface area contributed by atoms with Gasteiger partial charge in [-0.2, -0.15) is 11.8 Å². The minimum absolute atomic E-state index is 0.0510. The monoisotopic (exact) mass is 304 g/mol. The Hall–Kier alpha value is -1.44. The van der Waals surface area contributed by atoms with E-state index in [0.29, 0.717) is 18.7 Å². The predicted molar refractivity (Wildman–Crippen MR) is 91.7 cm³/mol. The molecule has 3 N–H and O–H groups in total. The summed E-state index contributed by atoms with van der Waals surface area (Å²) in [5.74, 6) is 6.90. The largest absolute Gasteiger partial charge is 0.352 e. The van der Waals surface area contributed by atoms with Crippen LogP contribution in [0.15, 0.2) is 18.2 Å². The summed E-state index contributed by atoms with van der Waals surface area (Å²) >= 11 is 1.86. The first-order valence-corrected chi connectivity index (χ1v) is 8.65. The van der Waals surface area contributed by atoms with E-state index in [9.17, 15) is 4.79 Å². The van der Waals surface area contributed by atoms with E-state index in [1.54, 1.807) is 0 Å². The van der Waals surface area contributed by atoms with Gasteiger partial charge >= 0.3 is 0 Å². The Bertz CT molecular complexity index is 517. The summed E-state index contributed by atoms with van der Waals surface area (Å²) in [7, 11) is 0. The number of benzene rings is 1. The van der Waals surface area contributed by atoms with Gasteiger partial charge in [-0.25, -0.2) is 0 Å². The van der Waals surface area contributed by atoms with Crippen molar-refractivity contribution in [2.45, 2.75) is 26.2 Å². The summed E-state index contributed by atoms with van der Waals surface area (Å²) in [6.07, 6.45) is 5.48. The normalized spacial score (nSPS) is 9.86. The number of carbonyl (C=O) groups is 1. The fraction of sp³-hybridized carbons (Fsp3) is 0.471.